The Morgan fingerprint density at radius 2 is 2.06 bits per heavy atom. The van der Waals surface area contributed by atoms with Gasteiger partial charge in [-0.25, -0.2) is 17.9 Å². The molecule has 1 aromatic carbocycles. The van der Waals surface area contributed by atoms with Gasteiger partial charge in [0.05, 0.1) is 10.5 Å². The summed E-state index contributed by atoms with van der Waals surface area (Å²) in [5, 5.41) is 8.90. The highest BCUT2D eigenvalue weighted by Crippen LogP contribution is 2.17. The van der Waals surface area contributed by atoms with Gasteiger partial charge in [0, 0.05) is 6.54 Å². The van der Waals surface area contributed by atoms with Gasteiger partial charge in [0.15, 0.2) is 0 Å². The summed E-state index contributed by atoms with van der Waals surface area (Å²) in [4.78, 5) is 10.7. The monoisotopic (exact) mass is 243 g/mol. The second kappa shape index (κ2) is 4.63. The molecule has 0 bridgehead atoms. The van der Waals surface area contributed by atoms with Gasteiger partial charge in [0.25, 0.3) is 0 Å². The number of rotatable bonds is 4. The van der Waals surface area contributed by atoms with E-state index in [1.54, 1.807) is 19.9 Å². The molecule has 16 heavy (non-hydrogen) atoms. The van der Waals surface area contributed by atoms with Gasteiger partial charge in [0.1, 0.15) is 0 Å². The van der Waals surface area contributed by atoms with Crippen LogP contribution in [0.4, 0.5) is 0 Å². The highest BCUT2D eigenvalue weighted by molar-refractivity contribution is 7.89. The summed E-state index contributed by atoms with van der Waals surface area (Å²) >= 11 is 0. The zero-order chi connectivity index (χ0) is 12.3. The van der Waals surface area contributed by atoms with Crippen molar-refractivity contribution in [3.8, 4) is 0 Å². The fraction of sp³-hybridized carbons (Fsp3) is 0.300. The summed E-state index contributed by atoms with van der Waals surface area (Å²) in [5.74, 6) is -1.25. The van der Waals surface area contributed by atoms with Crippen molar-refractivity contribution in [3.63, 3.8) is 0 Å². The second-order valence-electron chi connectivity index (χ2n) is 3.31. The van der Waals surface area contributed by atoms with Crippen molar-refractivity contribution in [2.45, 2.75) is 18.7 Å². The quantitative estimate of drug-likeness (QED) is 0.826. The van der Waals surface area contributed by atoms with Crippen molar-refractivity contribution in [2.24, 2.45) is 0 Å². The molecule has 0 saturated carbocycles. The summed E-state index contributed by atoms with van der Waals surface area (Å²) in [6, 6.07) is 4.21. The van der Waals surface area contributed by atoms with E-state index in [4.69, 9.17) is 5.11 Å². The lowest BCUT2D eigenvalue weighted by Gasteiger charge is -2.08. The van der Waals surface area contributed by atoms with E-state index in [1.165, 1.54) is 12.1 Å². The molecule has 0 spiro atoms. The summed E-state index contributed by atoms with van der Waals surface area (Å²) in [6.45, 7) is 3.56. The lowest BCUT2D eigenvalue weighted by molar-refractivity contribution is 0.0692. The average molecular weight is 243 g/mol. The Hall–Kier alpha value is -1.40. The van der Waals surface area contributed by atoms with Gasteiger partial charge in [-0.15, -0.1) is 0 Å². The molecular weight excluding hydrogens is 230 g/mol. The summed E-state index contributed by atoms with van der Waals surface area (Å²) < 4.78 is 25.7. The Morgan fingerprint density at radius 1 is 1.44 bits per heavy atom. The third kappa shape index (κ3) is 2.59. The number of aryl methyl sites for hydroxylation is 1. The molecule has 0 fully saturated rings. The maximum absolute atomic E-state index is 11.7. The smallest absolute Gasteiger partial charge is 0.337 e. The maximum Gasteiger partial charge on any atom is 0.337 e. The molecule has 0 aliphatic heterocycles. The molecule has 0 radical (unpaired) electrons. The largest absolute Gasteiger partial charge is 0.478 e. The van der Waals surface area contributed by atoms with Gasteiger partial charge < -0.3 is 5.11 Å². The van der Waals surface area contributed by atoms with Crippen molar-refractivity contribution in [2.75, 3.05) is 6.54 Å². The van der Waals surface area contributed by atoms with Crippen LogP contribution in [0.25, 0.3) is 0 Å². The Kier molecular flexibility index (Phi) is 3.66. The third-order valence-electron chi connectivity index (χ3n) is 1.99. The summed E-state index contributed by atoms with van der Waals surface area (Å²) in [6.07, 6.45) is 0. The molecule has 1 aromatic rings. The van der Waals surface area contributed by atoms with Crippen molar-refractivity contribution in [1.29, 1.82) is 0 Å². The van der Waals surface area contributed by atoms with Gasteiger partial charge in [-0.05, 0) is 24.6 Å². The van der Waals surface area contributed by atoms with Gasteiger partial charge in [0.2, 0.25) is 10.0 Å². The first-order chi connectivity index (χ1) is 7.38. The predicted molar refractivity (Wildman–Crippen MR) is 59.0 cm³/mol. The first kappa shape index (κ1) is 12.7. The van der Waals surface area contributed by atoms with Crippen molar-refractivity contribution in [3.05, 3.63) is 29.3 Å². The summed E-state index contributed by atoms with van der Waals surface area (Å²) in [7, 11) is -3.74. The van der Waals surface area contributed by atoms with Crippen LogP contribution in [-0.4, -0.2) is 26.0 Å². The van der Waals surface area contributed by atoms with Gasteiger partial charge in [-0.3, -0.25) is 0 Å². The molecule has 6 heteroatoms. The molecule has 88 valence electrons. The van der Waals surface area contributed by atoms with Crippen LogP contribution in [0.5, 0.6) is 0 Å². The molecule has 0 saturated heterocycles. The molecule has 0 unspecified atom stereocenters. The first-order valence-electron chi connectivity index (χ1n) is 4.72. The Morgan fingerprint density at radius 3 is 2.56 bits per heavy atom. The number of sulfonamides is 1. The van der Waals surface area contributed by atoms with Crippen LogP contribution in [0, 0.1) is 6.92 Å². The Labute approximate surface area is 94.2 Å². The number of hydrogen-bond donors (Lipinski definition) is 2. The number of carboxylic acid groups (broad SMARTS) is 1. The lowest BCUT2D eigenvalue weighted by atomic mass is 10.1. The average Bonchev–Trinajstić information content (AvgIpc) is 2.17. The number of hydrogen-bond acceptors (Lipinski definition) is 3. The van der Waals surface area contributed by atoms with Crippen LogP contribution in [0.3, 0.4) is 0 Å². The Bertz CT molecular complexity index is 508. The van der Waals surface area contributed by atoms with Gasteiger partial charge in [-0.1, -0.05) is 13.0 Å². The first-order valence-corrected chi connectivity index (χ1v) is 6.20. The predicted octanol–water partition coefficient (Wildman–Crippen LogP) is 0.991. The van der Waals surface area contributed by atoms with Crippen molar-refractivity contribution < 1.29 is 18.3 Å². The van der Waals surface area contributed by atoms with E-state index in [0.29, 0.717) is 5.56 Å². The molecule has 0 aliphatic carbocycles. The molecule has 0 amide bonds. The molecule has 0 aliphatic rings. The van der Waals surface area contributed by atoms with E-state index in [0.717, 1.165) is 0 Å². The van der Waals surface area contributed by atoms with E-state index in [2.05, 4.69) is 4.72 Å². The topological polar surface area (TPSA) is 83.5 Å². The fourth-order valence-electron chi connectivity index (χ4n) is 1.30. The van der Waals surface area contributed by atoms with E-state index in [9.17, 15) is 13.2 Å². The van der Waals surface area contributed by atoms with E-state index < -0.39 is 16.0 Å². The van der Waals surface area contributed by atoms with Gasteiger partial charge >= 0.3 is 5.97 Å². The number of benzene rings is 1. The zero-order valence-electron chi connectivity index (χ0n) is 9.02. The number of aromatic carboxylic acids is 1. The minimum absolute atomic E-state index is 0.193. The minimum Gasteiger partial charge on any atom is -0.478 e. The zero-order valence-corrected chi connectivity index (χ0v) is 9.84. The molecule has 5 nitrogen and oxygen atoms in total. The highest BCUT2D eigenvalue weighted by atomic mass is 32.2. The van der Waals surface area contributed by atoms with Crippen molar-refractivity contribution >= 4 is 16.0 Å². The van der Waals surface area contributed by atoms with Gasteiger partial charge in [-0.2, -0.15) is 0 Å². The standard InChI is InChI=1S/C10H13NO4S/c1-3-11-16(14,15)9-6-7(2)4-5-8(9)10(12)13/h4-6,11H,3H2,1-2H3,(H,12,13). The van der Waals surface area contributed by atoms with Crippen LogP contribution in [0.15, 0.2) is 23.1 Å². The van der Waals surface area contributed by atoms with Crippen LogP contribution >= 0.6 is 0 Å². The SMILES string of the molecule is CCNS(=O)(=O)c1cc(C)ccc1C(=O)O. The molecule has 0 atom stereocenters. The third-order valence-corrected chi connectivity index (χ3v) is 3.58. The number of carbonyl (C=O) groups is 1. The summed E-state index contributed by atoms with van der Waals surface area (Å²) in [5.41, 5.74) is 0.480. The van der Waals surface area contributed by atoms with Crippen molar-refractivity contribution in [1.82, 2.24) is 4.72 Å². The van der Waals surface area contributed by atoms with Crippen LogP contribution in [-0.2, 0) is 10.0 Å². The highest BCUT2D eigenvalue weighted by Gasteiger charge is 2.21. The van der Waals surface area contributed by atoms with E-state index in [1.807, 2.05) is 0 Å². The second-order valence-corrected chi connectivity index (χ2v) is 5.04. The van der Waals surface area contributed by atoms with E-state index in [-0.39, 0.29) is 17.0 Å². The number of nitrogens with one attached hydrogen (secondary N) is 1. The molecule has 2 N–H and O–H groups in total. The normalized spacial score (nSPS) is 11.4. The molecular formula is C10H13NO4S. The number of carboxylic acids is 1. The fourth-order valence-corrected chi connectivity index (χ4v) is 2.62. The molecule has 1 rings (SSSR count). The van der Waals surface area contributed by atoms with Crippen LogP contribution in [0.1, 0.15) is 22.8 Å². The van der Waals surface area contributed by atoms with Crippen LogP contribution in [0.2, 0.25) is 0 Å². The lowest BCUT2D eigenvalue weighted by Crippen LogP contribution is -2.25. The van der Waals surface area contributed by atoms with E-state index >= 15 is 0 Å². The Balaban J connectivity index is 3.42. The molecule has 0 heterocycles. The maximum atomic E-state index is 11.7. The molecule has 0 aromatic heterocycles. The van der Waals surface area contributed by atoms with Crippen LogP contribution < -0.4 is 4.72 Å². The minimum atomic E-state index is -3.74.